The van der Waals surface area contributed by atoms with Crippen molar-refractivity contribution >= 4 is 5.96 Å². The molecule has 1 N–H and O–H groups in total. The fraction of sp³-hybridized carbons (Fsp3) is 0.520. The van der Waals surface area contributed by atoms with Crippen molar-refractivity contribution < 1.29 is 0 Å². The van der Waals surface area contributed by atoms with Crippen LogP contribution < -0.4 is 10.9 Å². The monoisotopic (exact) mass is 408 g/mol. The summed E-state index contributed by atoms with van der Waals surface area (Å²) in [5.74, 6) is 2.29. The number of nitrogens with zero attached hydrogens (tertiary/aromatic N) is 3. The molecule has 5 nitrogen and oxygen atoms in total. The van der Waals surface area contributed by atoms with Gasteiger partial charge in [-0.25, -0.2) is 0 Å². The molecule has 2 unspecified atom stereocenters. The number of aliphatic imine (C=N–C) groups is 1. The van der Waals surface area contributed by atoms with Gasteiger partial charge in [0.05, 0.1) is 0 Å². The molecule has 2 aromatic rings. The first-order valence-electron chi connectivity index (χ1n) is 11.3. The number of guanidine groups is 1. The van der Waals surface area contributed by atoms with Crippen molar-refractivity contribution in [1.29, 1.82) is 0 Å². The minimum atomic E-state index is 0.0886. The van der Waals surface area contributed by atoms with Crippen LogP contribution in [0.3, 0.4) is 0 Å². The van der Waals surface area contributed by atoms with Crippen molar-refractivity contribution in [3.05, 3.63) is 70.1 Å². The SMILES string of the molecule is CCC1CN(C(=NC)NCCCCn2c(C)cccc2=O)CCC1c1ccccc1. The van der Waals surface area contributed by atoms with Crippen molar-refractivity contribution in [1.82, 2.24) is 14.8 Å². The first kappa shape index (κ1) is 22.1. The highest BCUT2D eigenvalue weighted by atomic mass is 16.1. The summed E-state index contributed by atoms with van der Waals surface area (Å²) < 4.78 is 1.86. The van der Waals surface area contributed by atoms with Gasteiger partial charge >= 0.3 is 0 Å². The zero-order valence-corrected chi connectivity index (χ0v) is 18.7. The third-order valence-corrected chi connectivity index (χ3v) is 6.36. The van der Waals surface area contributed by atoms with Crippen LogP contribution in [0, 0.1) is 12.8 Å². The van der Waals surface area contributed by atoms with Crippen LogP contribution in [0.4, 0.5) is 0 Å². The van der Waals surface area contributed by atoms with Crippen LogP contribution in [0.25, 0.3) is 0 Å². The number of aryl methyl sites for hydroxylation is 1. The van der Waals surface area contributed by atoms with E-state index < -0.39 is 0 Å². The zero-order chi connectivity index (χ0) is 21.3. The average Bonchev–Trinajstić information content (AvgIpc) is 2.78. The molecule has 0 spiro atoms. The summed E-state index contributed by atoms with van der Waals surface area (Å²) in [6.45, 7) is 8.02. The van der Waals surface area contributed by atoms with Gasteiger partial charge in [-0.3, -0.25) is 9.79 Å². The Balaban J connectivity index is 1.48. The van der Waals surface area contributed by atoms with Gasteiger partial charge < -0.3 is 14.8 Å². The molecule has 2 heterocycles. The van der Waals surface area contributed by atoms with Crippen LogP contribution in [0.1, 0.15) is 49.8 Å². The molecule has 30 heavy (non-hydrogen) atoms. The molecule has 1 aliphatic heterocycles. The van der Waals surface area contributed by atoms with E-state index in [-0.39, 0.29) is 5.56 Å². The van der Waals surface area contributed by atoms with E-state index in [0.29, 0.717) is 11.8 Å². The number of nitrogens with one attached hydrogen (secondary N) is 1. The normalized spacial score (nSPS) is 19.7. The lowest BCUT2D eigenvalue weighted by Crippen LogP contribution is -2.48. The maximum atomic E-state index is 12.0. The predicted molar refractivity (Wildman–Crippen MR) is 125 cm³/mol. The summed E-state index contributed by atoms with van der Waals surface area (Å²) >= 11 is 0. The van der Waals surface area contributed by atoms with Gasteiger partial charge in [0.2, 0.25) is 0 Å². The second-order valence-electron chi connectivity index (χ2n) is 8.26. The minimum Gasteiger partial charge on any atom is -0.356 e. The van der Waals surface area contributed by atoms with Crippen LogP contribution in [0.2, 0.25) is 0 Å². The number of hydrogen-bond acceptors (Lipinski definition) is 2. The number of piperidine rings is 1. The summed E-state index contributed by atoms with van der Waals surface area (Å²) in [6, 6.07) is 16.4. The van der Waals surface area contributed by atoms with Crippen molar-refractivity contribution in [2.24, 2.45) is 10.9 Å². The quantitative estimate of drug-likeness (QED) is 0.428. The topological polar surface area (TPSA) is 49.6 Å². The number of pyridine rings is 1. The molecule has 5 heteroatoms. The maximum absolute atomic E-state index is 12.0. The van der Waals surface area contributed by atoms with Crippen molar-refractivity contribution in [3.63, 3.8) is 0 Å². The highest BCUT2D eigenvalue weighted by Crippen LogP contribution is 2.34. The Hall–Kier alpha value is -2.56. The minimum absolute atomic E-state index is 0.0886. The fourth-order valence-corrected chi connectivity index (χ4v) is 4.61. The Morgan fingerprint density at radius 2 is 1.93 bits per heavy atom. The highest BCUT2D eigenvalue weighted by molar-refractivity contribution is 5.80. The van der Waals surface area contributed by atoms with Crippen molar-refractivity contribution in [2.45, 2.75) is 52.0 Å². The molecule has 1 saturated heterocycles. The van der Waals surface area contributed by atoms with Crippen LogP contribution in [-0.4, -0.2) is 42.1 Å². The molecule has 1 aromatic heterocycles. The van der Waals surface area contributed by atoms with Crippen molar-refractivity contribution in [3.8, 4) is 0 Å². The molecule has 0 aliphatic carbocycles. The Bertz CT molecular complexity index is 874. The second kappa shape index (κ2) is 11.0. The van der Waals surface area contributed by atoms with E-state index in [9.17, 15) is 4.79 Å². The summed E-state index contributed by atoms with van der Waals surface area (Å²) in [5, 5.41) is 3.54. The molecule has 2 atom stereocenters. The van der Waals surface area contributed by atoms with Gasteiger partial charge in [-0.15, -0.1) is 0 Å². The largest absolute Gasteiger partial charge is 0.356 e. The van der Waals surface area contributed by atoms with E-state index in [1.54, 1.807) is 6.07 Å². The van der Waals surface area contributed by atoms with Crippen LogP contribution in [0.15, 0.2) is 58.3 Å². The van der Waals surface area contributed by atoms with Gasteiger partial charge in [0.1, 0.15) is 0 Å². The molecule has 0 bridgehead atoms. The molecule has 0 amide bonds. The molecule has 1 fully saturated rings. The number of unbranched alkanes of at least 4 members (excludes halogenated alkanes) is 1. The van der Waals surface area contributed by atoms with Gasteiger partial charge in [-0.05, 0) is 49.7 Å². The molecule has 1 aliphatic rings. The Kier molecular flexibility index (Phi) is 8.12. The molecule has 1 aromatic carbocycles. The van der Waals surface area contributed by atoms with Gasteiger partial charge in [-0.1, -0.05) is 49.7 Å². The van der Waals surface area contributed by atoms with Gasteiger partial charge in [0.15, 0.2) is 5.96 Å². The van der Waals surface area contributed by atoms with E-state index in [1.165, 1.54) is 18.4 Å². The Labute approximate surface area is 180 Å². The lowest BCUT2D eigenvalue weighted by molar-refractivity contribution is 0.215. The predicted octanol–water partition coefficient (Wildman–Crippen LogP) is 4.03. The number of likely N-dealkylation sites (tertiary alicyclic amines) is 1. The van der Waals surface area contributed by atoms with E-state index in [0.717, 1.165) is 50.7 Å². The van der Waals surface area contributed by atoms with Crippen LogP contribution in [-0.2, 0) is 6.54 Å². The van der Waals surface area contributed by atoms with Crippen LogP contribution >= 0.6 is 0 Å². The van der Waals surface area contributed by atoms with E-state index in [1.807, 2.05) is 30.7 Å². The summed E-state index contributed by atoms with van der Waals surface area (Å²) in [7, 11) is 1.87. The lowest BCUT2D eigenvalue weighted by atomic mass is 9.79. The van der Waals surface area contributed by atoms with Gasteiger partial charge in [0, 0.05) is 45.0 Å². The summed E-state index contributed by atoms with van der Waals surface area (Å²) in [6.07, 6.45) is 4.33. The fourth-order valence-electron chi connectivity index (χ4n) is 4.61. The first-order chi connectivity index (χ1) is 14.6. The lowest BCUT2D eigenvalue weighted by Gasteiger charge is -2.40. The highest BCUT2D eigenvalue weighted by Gasteiger charge is 2.30. The molecule has 0 radical (unpaired) electrons. The Morgan fingerprint density at radius 3 is 2.63 bits per heavy atom. The third-order valence-electron chi connectivity index (χ3n) is 6.36. The van der Waals surface area contributed by atoms with Crippen LogP contribution in [0.5, 0.6) is 0 Å². The van der Waals surface area contributed by atoms with Crippen molar-refractivity contribution in [2.75, 3.05) is 26.7 Å². The number of aromatic nitrogens is 1. The molecular weight excluding hydrogens is 372 g/mol. The van der Waals surface area contributed by atoms with Gasteiger partial charge in [0.25, 0.3) is 5.56 Å². The van der Waals surface area contributed by atoms with Gasteiger partial charge in [-0.2, -0.15) is 0 Å². The first-order valence-corrected chi connectivity index (χ1v) is 11.3. The number of hydrogen-bond donors (Lipinski definition) is 1. The third kappa shape index (κ3) is 5.53. The summed E-state index contributed by atoms with van der Waals surface area (Å²) in [5.41, 5.74) is 2.59. The molecule has 162 valence electrons. The van der Waals surface area contributed by atoms with E-state index >= 15 is 0 Å². The summed E-state index contributed by atoms with van der Waals surface area (Å²) in [4.78, 5) is 18.9. The van der Waals surface area contributed by atoms with E-state index in [4.69, 9.17) is 0 Å². The smallest absolute Gasteiger partial charge is 0.250 e. The number of rotatable bonds is 7. The average molecular weight is 409 g/mol. The molecule has 0 saturated carbocycles. The molecule has 3 rings (SSSR count). The second-order valence-corrected chi connectivity index (χ2v) is 8.26. The Morgan fingerprint density at radius 1 is 1.13 bits per heavy atom. The zero-order valence-electron chi connectivity index (χ0n) is 18.7. The molecular formula is C25H36N4O. The standard InChI is InChI=1S/C25H36N4O/c1-4-21-19-28(18-15-23(21)22-12-6-5-7-13-22)25(26-3)27-16-8-9-17-29-20(2)11-10-14-24(29)30/h5-7,10-14,21,23H,4,8-9,15-19H2,1-3H3,(H,26,27). The maximum Gasteiger partial charge on any atom is 0.250 e. The van der Waals surface area contributed by atoms with E-state index in [2.05, 4.69) is 52.5 Å². The number of benzene rings is 1.